The number of aromatic nitrogens is 1. The SMILES string of the molecule is CCOC1(OCC)[C@H]2c3ccccc3[C@H]([n+]3ccsc32)C1(C)C.[O-][Cl+3]([O-])([O-])[O-]. The molecule has 1 aromatic heterocycles. The van der Waals surface area contributed by atoms with Gasteiger partial charge in [0.1, 0.15) is 5.92 Å². The molecule has 0 fully saturated rings. The van der Waals surface area contributed by atoms with Gasteiger partial charge in [-0.1, -0.05) is 35.6 Å². The van der Waals surface area contributed by atoms with Crippen LogP contribution in [0.5, 0.6) is 0 Å². The highest BCUT2D eigenvalue weighted by Crippen LogP contribution is 2.62. The van der Waals surface area contributed by atoms with Crippen molar-refractivity contribution >= 4 is 11.3 Å². The monoisotopic (exact) mass is 429 g/mol. The van der Waals surface area contributed by atoms with E-state index in [0.29, 0.717) is 13.2 Å². The summed E-state index contributed by atoms with van der Waals surface area (Å²) in [6, 6.07) is 9.03. The lowest BCUT2D eigenvalue weighted by Crippen LogP contribution is -2.71. The molecule has 28 heavy (non-hydrogen) atoms. The molecule has 0 unspecified atom stereocenters. The number of halogens is 1. The summed E-state index contributed by atoms with van der Waals surface area (Å²) in [5.41, 5.74) is 2.62. The van der Waals surface area contributed by atoms with Crippen LogP contribution in [0.25, 0.3) is 0 Å². The van der Waals surface area contributed by atoms with E-state index in [0.717, 1.165) is 0 Å². The summed E-state index contributed by atoms with van der Waals surface area (Å²) in [4.78, 5) is 0. The Hall–Kier alpha value is -1.10. The molecule has 1 aliphatic carbocycles. The molecule has 0 N–H and O–H groups in total. The molecule has 2 aromatic rings. The Bertz CT molecular complexity index is 822. The van der Waals surface area contributed by atoms with E-state index in [1.165, 1.54) is 16.1 Å². The average molecular weight is 430 g/mol. The highest BCUT2D eigenvalue weighted by Gasteiger charge is 2.71. The minimum Gasteiger partial charge on any atom is -0.348 e. The highest BCUT2D eigenvalue weighted by atomic mass is 35.7. The minimum atomic E-state index is -4.94. The smallest absolute Gasteiger partial charge is 0.250 e. The van der Waals surface area contributed by atoms with Crippen LogP contribution in [-0.4, -0.2) is 19.0 Å². The van der Waals surface area contributed by atoms with Gasteiger partial charge in [0, 0.05) is 18.8 Å². The van der Waals surface area contributed by atoms with Gasteiger partial charge in [0.15, 0.2) is 18.0 Å². The van der Waals surface area contributed by atoms with Crippen LogP contribution in [0.2, 0.25) is 0 Å². The lowest BCUT2D eigenvalue weighted by molar-refractivity contribution is -2.00. The largest absolute Gasteiger partial charge is 0.348 e. The maximum Gasteiger partial charge on any atom is 0.250 e. The van der Waals surface area contributed by atoms with Gasteiger partial charge in [-0.05, 0) is 33.3 Å². The molecule has 9 heteroatoms. The van der Waals surface area contributed by atoms with E-state index in [1.54, 1.807) is 0 Å². The first-order valence-electron chi connectivity index (χ1n) is 9.05. The fourth-order valence-corrected chi connectivity index (χ4v) is 5.75. The molecule has 3 aliphatic rings. The maximum atomic E-state index is 8.49. The Morgan fingerprint density at radius 3 is 2.11 bits per heavy atom. The molecule has 2 bridgehead atoms. The summed E-state index contributed by atoms with van der Waals surface area (Å²) in [6.07, 6.45) is 2.22. The lowest BCUT2D eigenvalue weighted by Gasteiger charge is -2.56. The third-order valence-electron chi connectivity index (χ3n) is 5.47. The zero-order valence-electron chi connectivity index (χ0n) is 16.2. The number of thiazole rings is 1. The highest BCUT2D eigenvalue weighted by molar-refractivity contribution is 7.09. The molecule has 0 amide bonds. The minimum absolute atomic E-state index is 0.124. The van der Waals surface area contributed by atoms with Gasteiger partial charge in [-0.3, -0.25) is 0 Å². The van der Waals surface area contributed by atoms with Crippen molar-refractivity contribution in [3.8, 4) is 0 Å². The zero-order chi connectivity index (χ0) is 20.7. The average Bonchev–Trinajstić information content (AvgIpc) is 3.05. The number of fused-ring (bicyclic) bond motifs is 1. The molecule has 3 heterocycles. The molecule has 0 radical (unpaired) electrons. The van der Waals surface area contributed by atoms with Gasteiger partial charge in [0.05, 0.1) is 10.8 Å². The zero-order valence-corrected chi connectivity index (χ0v) is 17.8. The van der Waals surface area contributed by atoms with Gasteiger partial charge >= 0.3 is 0 Å². The van der Waals surface area contributed by atoms with Crippen LogP contribution in [0, 0.1) is 15.7 Å². The van der Waals surface area contributed by atoms with E-state index in [-0.39, 0.29) is 17.4 Å². The van der Waals surface area contributed by atoms with Crippen molar-refractivity contribution in [3.63, 3.8) is 0 Å². The third-order valence-corrected chi connectivity index (χ3v) is 6.42. The van der Waals surface area contributed by atoms with Crippen LogP contribution in [0.15, 0.2) is 35.8 Å². The Morgan fingerprint density at radius 1 is 1.04 bits per heavy atom. The van der Waals surface area contributed by atoms with Gasteiger partial charge in [0.2, 0.25) is 0 Å². The van der Waals surface area contributed by atoms with E-state index >= 15 is 0 Å². The normalized spacial score (nSPS) is 23.4. The Labute approximate surface area is 170 Å². The number of benzene rings is 1. The molecular formula is C19H24ClNO6S. The molecular weight excluding hydrogens is 406 g/mol. The van der Waals surface area contributed by atoms with E-state index < -0.39 is 16.0 Å². The number of hydrogen-bond donors (Lipinski definition) is 0. The van der Waals surface area contributed by atoms with Crippen LogP contribution < -0.4 is 23.2 Å². The Kier molecular flexibility index (Phi) is 5.88. The first kappa shape index (κ1) is 21.6. The predicted molar refractivity (Wildman–Crippen MR) is 90.7 cm³/mol. The van der Waals surface area contributed by atoms with Gasteiger partial charge in [-0.15, -0.1) is 10.2 Å². The fourth-order valence-electron chi connectivity index (χ4n) is 4.71. The molecule has 1 aromatic carbocycles. The van der Waals surface area contributed by atoms with Crippen LogP contribution in [0.1, 0.15) is 55.8 Å². The van der Waals surface area contributed by atoms with Crippen molar-refractivity contribution < 1.29 is 42.9 Å². The van der Waals surface area contributed by atoms with Crippen molar-refractivity contribution in [2.45, 2.75) is 45.4 Å². The summed E-state index contributed by atoms with van der Waals surface area (Å²) in [5, 5.41) is 3.53. The third kappa shape index (κ3) is 3.38. The molecule has 0 saturated heterocycles. The fraction of sp³-hybridized carbons (Fsp3) is 0.526. The molecule has 2 atom stereocenters. The standard InChI is InChI=1S/C19H24NO2S.ClHO4/c1-5-21-19(22-6-2)15-13-9-7-8-10-14(13)16(18(19,3)4)20-11-12-23-17(15)20;2-1(3,4)5/h7-12,15-16H,5-6H2,1-4H3;(H,2,3,4,5)/q+1;/p-1/t15-,16-;/m0./s1. The summed E-state index contributed by atoms with van der Waals surface area (Å²) in [5.74, 6) is -0.487. The van der Waals surface area contributed by atoms with E-state index in [4.69, 9.17) is 28.1 Å². The maximum absolute atomic E-state index is 8.49. The second-order valence-electron chi connectivity index (χ2n) is 7.25. The quantitative estimate of drug-likeness (QED) is 0.460. The van der Waals surface area contributed by atoms with Crippen LogP contribution >= 0.6 is 11.3 Å². The molecule has 0 saturated carbocycles. The number of hydrogen-bond acceptors (Lipinski definition) is 7. The second kappa shape index (κ2) is 7.62. The molecule has 0 spiro atoms. The lowest BCUT2D eigenvalue weighted by atomic mass is 9.58. The Morgan fingerprint density at radius 2 is 1.57 bits per heavy atom. The predicted octanol–water partition coefficient (Wildman–Crippen LogP) is -0.877. The van der Waals surface area contributed by atoms with Gasteiger partial charge in [-0.2, -0.15) is 4.57 Å². The summed E-state index contributed by atoms with van der Waals surface area (Å²) in [7, 11) is -4.94. The topological polar surface area (TPSA) is 115 Å². The molecule has 7 nitrogen and oxygen atoms in total. The molecule has 5 rings (SSSR count). The van der Waals surface area contributed by atoms with Gasteiger partial charge in [0.25, 0.3) is 5.01 Å². The van der Waals surface area contributed by atoms with Crippen molar-refractivity contribution in [2.75, 3.05) is 13.2 Å². The van der Waals surface area contributed by atoms with Crippen LogP contribution in [-0.2, 0) is 9.47 Å². The van der Waals surface area contributed by atoms with E-state index in [2.05, 4.69) is 68.1 Å². The Balaban J connectivity index is 0.000000403. The van der Waals surface area contributed by atoms with E-state index in [9.17, 15) is 0 Å². The summed E-state index contributed by atoms with van der Waals surface area (Å²) >= 11 is 1.81. The molecule has 2 aliphatic heterocycles. The first-order valence-corrected chi connectivity index (χ1v) is 11.2. The van der Waals surface area contributed by atoms with Crippen molar-refractivity contribution in [2.24, 2.45) is 5.41 Å². The van der Waals surface area contributed by atoms with E-state index in [1.807, 2.05) is 11.3 Å². The summed E-state index contributed by atoms with van der Waals surface area (Å²) in [6.45, 7) is 10.0. The summed E-state index contributed by atoms with van der Waals surface area (Å²) < 4.78 is 49.2. The first-order chi connectivity index (χ1) is 13.1. The second-order valence-corrected chi connectivity index (χ2v) is 8.93. The number of ether oxygens (including phenoxy) is 2. The number of rotatable bonds is 4. The molecule has 154 valence electrons. The van der Waals surface area contributed by atoms with Crippen LogP contribution in [0.3, 0.4) is 0 Å². The van der Waals surface area contributed by atoms with Gasteiger partial charge in [-0.25, -0.2) is 18.6 Å². The number of nitrogens with zero attached hydrogens (tertiary/aromatic N) is 1. The van der Waals surface area contributed by atoms with Crippen molar-refractivity contribution in [3.05, 3.63) is 52.0 Å². The van der Waals surface area contributed by atoms with Crippen molar-refractivity contribution in [1.82, 2.24) is 0 Å². The van der Waals surface area contributed by atoms with Gasteiger partial charge < -0.3 is 9.47 Å². The van der Waals surface area contributed by atoms with Crippen molar-refractivity contribution in [1.29, 1.82) is 0 Å². The van der Waals surface area contributed by atoms with Crippen LogP contribution in [0.4, 0.5) is 0 Å².